The zero-order valence-corrected chi connectivity index (χ0v) is 11.4. The highest BCUT2D eigenvalue weighted by atomic mass is 16.5. The minimum Gasteiger partial charge on any atom is -0.367 e. The maximum Gasteiger partial charge on any atom is 0.260 e. The number of ether oxygens (including phenoxy) is 1. The number of aromatic nitrogens is 1. The van der Waals surface area contributed by atoms with Crippen molar-refractivity contribution in [3.05, 3.63) is 33.7 Å². The number of H-pyrrole nitrogens is 1. The molecule has 0 aromatic carbocycles. The molecule has 7 nitrogen and oxygen atoms in total. The van der Waals surface area contributed by atoms with Crippen molar-refractivity contribution in [2.45, 2.75) is 19.4 Å². The lowest BCUT2D eigenvalue weighted by atomic mass is 10.0. The fourth-order valence-corrected chi connectivity index (χ4v) is 2.10. The molecule has 0 radical (unpaired) electrons. The molecule has 1 aromatic rings. The van der Waals surface area contributed by atoms with Gasteiger partial charge in [-0.2, -0.15) is 0 Å². The second-order valence-corrected chi connectivity index (χ2v) is 5.05. The van der Waals surface area contributed by atoms with Crippen LogP contribution in [0.3, 0.4) is 0 Å². The molecule has 1 aromatic heterocycles. The molecule has 2 rings (SSSR count). The number of nitrogens with one attached hydrogen (secondary N) is 1. The second kappa shape index (κ2) is 5.09. The summed E-state index contributed by atoms with van der Waals surface area (Å²) in [7, 11) is 0. The molecule has 7 heteroatoms. The number of pyridine rings is 1. The van der Waals surface area contributed by atoms with Gasteiger partial charge in [-0.3, -0.25) is 14.4 Å². The van der Waals surface area contributed by atoms with Gasteiger partial charge in [0.15, 0.2) is 5.60 Å². The van der Waals surface area contributed by atoms with Crippen molar-refractivity contribution in [2.24, 2.45) is 5.73 Å². The standard InChI is InChI=1S/C13H17N3O4/c1-8-3-4-9(10(17)15-8)11(18)16-5-6-20-13(2,7-16)12(14)19/h3-4H,5-7H2,1-2H3,(H2,14,19)(H,15,17). The van der Waals surface area contributed by atoms with Crippen molar-refractivity contribution in [1.82, 2.24) is 9.88 Å². The number of nitrogens with zero attached hydrogens (tertiary/aromatic N) is 1. The Hall–Kier alpha value is -2.15. The van der Waals surface area contributed by atoms with Crippen LogP contribution in [0.1, 0.15) is 23.0 Å². The molecule has 0 bridgehead atoms. The number of carbonyl (C=O) groups is 2. The van der Waals surface area contributed by atoms with Crippen LogP contribution in [0.25, 0.3) is 0 Å². The predicted octanol–water partition coefficient (Wildman–Crippen LogP) is -0.600. The van der Waals surface area contributed by atoms with Gasteiger partial charge in [0.1, 0.15) is 5.56 Å². The zero-order chi connectivity index (χ0) is 14.9. The summed E-state index contributed by atoms with van der Waals surface area (Å²) >= 11 is 0. The monoisotopic (exact) mass is 279 g/mol. The van der Waals surface area contributed by atoms with Gasteiger partial charge in [0.25, 0.3) is 17.4 Å². The molecule has 108 valence electrons. The van der Waals surface area contributed by atoms with Crippen molar-refractivity contribution in [3.63, 3.8) is 0 Å². The molecule has 1 unspecified atom stereocenters. The highest BCUT2D eigenvalue weighted by molar-refractivity contribution is 5.94. The summed E-state index contributed by atoms with van der Waals surface area (Å²) in [5.74, 6) is -1.06. The van der Waals surface area contributed by atoms with Crippen molar-refractivity contribution >= 4 is 11.8 Å². The molecule has 2 amide bonds. The Kier molecular flexibility index (Phi) is 3.63. The van der Waals surface area contributed by atoms with Gasteiger partial charge in [-0.05, 0) is 26.0 Å². The first-order valence-corrected chi connectivity index (χ1v) is 6.26. The topological polar surface area (TPSA) is 105 Å². The van der Waals surface area contributed by atoms with Crippen molar-refractivity contribution in [1.29, 1.82) is 0 Å². The SMILES string of the molecule is Cc1ccc(C(=O)N2CCOC(C)(C(N)=O)C2)c(=O)[nH]1. The van der Waals surface area contributed by atoms with E-state index in [2.05, 4.69) is 4.98 Å². The van der Waals surface area contributed by atoms with E-state index in [0.29, 0.717) is 12.2 Å². The van der Waals surface area contributed by atoms with Gasteiger partial charge < -0.3 is 20.4 Å². The normalized spacial score (nSPS) is 22.6. The van der Waals surface area contributed by atoms with Crippen LogP contribution in [-0.4, -0.2) is 47.0 Å². The van der Waals surface area contributed by atoms with Crippen molar-refractivity contribution in [3.8, 4) is 0 Å². The number of carbonyl (C=O) groups excluding carboxylic acids is 2. The molecular weight excluding hydrogens is 262 g/mol. The van der Waals surface area contributed by atoms with Crippen LogP contribution in [-0.2, 0) is 9.53 Å². The smallest absolute Gasteiger partial charge is 0.260 e. The Balaban J connectivity index is 2.25. The van der Waals surface area contributed by atoms with E-state index in [9.17, 15) is 14.4 Å². The molecule has 2 heterocycles. The quantitative estimate of drug-likeness (QED) is 0.754. The highest BCUT2D eigenvalue weighted by Gasteiger charge is 2.39. The molecule has 1 saturated heterocycles. The number of hydrogen-bond donors (Lipinski definition) is 2. The fourth-order valence-electron chi connectivity index (χ4n) is 2.10. The van der Waals surface area contributed by atoms with Gasteiger partial charge in [-0.1, -0.05) is 0 Å². The van der Waals surface area contributed by atoms with E-state index in [0.717, 1.165) is 0 Å². The molecular formula is C13H17N3O4. The number of amides is 2. The highest BCUT2D eigenvalue weighted by Crippen LogP contribution is 2.18. The van der Waals surface area contributed by atoms with E-state index in [1.165, 1.54) is 17.9 Å². The van der Waals surface area contributed by atoms with Crippen LogP contribution in [0.15, 0.2) is 16.9 Å². The molecule has 0 spiro atoms. The third kappa shape index (κ3) is 2.57. The van der Waals surface area contributed by atoms with Crippen molar-refractivity contribution in [2.75, 3.05) is 19.7 Å². The Morgan fingerprint density at radius 1 is 1.45 bits per heavy atom. The summed E-state index contributed by atoms with van der Waals surface area (Å²) in [6.07, 6.45) is 0. The van der Waals surface area contributed by atoms with Crippen LogP contribution in [0.2, 0.25) is 0 Å². The largest absolute Gasteiger partial charge is 0.367 e. The molecule has 1 atom stereocenters. The summed E-state index contributed by atoms with van der Waals surface area (Å²) in [6.45, 7) is 3.82. The molecule has 20 heavy (non-hydrogen) atoms. The summed E-state index contributed by atoms with van der Waals surface area (Å²) in [6, 6.07) is 3.13. The first kappa shape index (κ1) is 14.3. The molecule has 1 aliphatic heterocycles. The summed E-state index contributed by atoms with van der Waals surface area (Å²) in [4.78, 5) is 39.5. The first-order chi connectivity index (χ1) is 9.33. The maximum absolute atomic E-state index is 12.3. The van der Waals surface area contributed by atoms with E-state index in [-0.39, 0.29) is 18.7 Å². The number of aryl methyl sites for hydroxylation is 1. The van der Waals surface area contributed by atoms with Gasteiger partial charge in [0, 0.05) is 12.2 Å². The van der Waals surface area contributed by atoms with Crippen molar-refractivity contribution < 1.29 is 14.3 Å². The third-order valence-corrected chi connectivity index (χ3v) is 3.37. The number of rotatable bonds is 2. The average Bonchev–Trinajstić information content (AvgIpc) is 2.38. The van der Waals surface area contributed by atoms with Gasteiger partial charge in [-0.15, -0.1) is 0 Å². The van der Waals surface area contributed by atoms with Gasteiger partial charge in [-0.25, -0.2) is 0 Å². The summed E-state index contributed by atoms with van der Waals surface area (Å²) in [5.41, 5.74) is 4.35. The Bertz CT molecular complexity index is 610. The van der Waals surface area contributed by atoms with Crippen LogP contribution >= 0.6 is 0 Å². The lowest BCUT2D eigenvalue weighted by molar-refractivity contribution is -0.150. The van der Waals surface area contributed by atoms with E-state index >= 15 is 0 Å². The van der Waals surface area contributed by atoms with E-state index in [1.54, 1.807) is 13.0 Å². The van der Waals surface area contributed by atoms with Crippen LogP contribution in [0, 0.1) is 6.92 Å². The minimum atomic E-state index is -1.22. The zero-order valence-electron chi connectivity index (χ0n) is 11.4. The number of primary amides is 1. The Morgan fingerprint density at radius 2 is 2.15 bits per heavy atom. The summed E-state index contributed by atoms with van der Waals surface area (Å²) < 4.78 is 5.34. The van der Waals surface area contributed by atoms with Crippen LogP contribution in [0.4, 0.5) is 0 Å². The van der Waals surface area contributed by atoms with Gasteiger partial charge in [0.2, 0.25) is 0 Å². The molecule has 0 saturated carbocycles. The van der Waals surface area contributed by atoms with E-state index in [4.69, 9.17) is 10.5 Å². The minimum absolute atomic E-state index is 0.0362. The number of morpholine rings is 1. The van der Waals surface area contributed by atoms with Gasteiger partial charge >= 0.3 is 0 Å². The Morgan fingerprint density at radius 3 is 2.75 bits per heavy atom. The number of aromatic amines is 1. The lowest BCUT2D eigenvalue weighted by Crippen LogP contribution is -2.58. The molecule has 0 aliphatic carbocycles. The van der Waals surface area contributed by atoms with E-state index in [1.807, 2.05) is 0 Å². The molecule has 3 N–H and O–H groups in total. The van der Waals surface area contributed by atoms with Crippen LogP contribution < -0.4 is 11.3 Å². The fraction of sp³-hybridized carbons (Fsp3) is 0.462. The van der Waals surface area contributed by atoms with Crippen LogP contribution in [0.5, 0.6) is 0 Å². The van der Waals surface area contributed by atoms with E-state index < -0.39 is 23.0 Å². The third-order valence-electron chi connectivity index (χ3n) is 3.37. The predicted molar refractivity (Wildman–Crippen MR) is 71.3 cm³/mol. The lowest BCUT2D eigenvalue weighted by Gasteiger charge is -2.38. The molecule has 1 fully saturated rings. The number of hydrogen-bond acceptors (Lipinski definition) is 4. The Labute approximate surface area is 115 Å². The first-order valence-electron chi connectivity index (χ1n) is 6.26. The van der Waals surface area contributed by atoms with Gasteiger partial charge in [0.05, 0.1) is 13.2 Å². The second-order valence-electron chi connectivity index (χ2n) is 5.05. The maximum atomic E-state index is 12.3. The average molecular weight is 279 g/mol. The molecule has 1 aliphatic rings. The number of nitrogens with two attached hydrogens (primary N) is 1. The summed E-state index contributed by atoms with van der Waals surface area (Å²) in [5, 5.41) is 0.